The lowest BCUT2D eigenvalue weighted by molar-refractivity contribution is -0.119. The van der Waals surface area contributed by atoms with Gasteiger partial charge in [-0.1, -0.05) is 60.2 Å². The van der Waals surface area contributed by atoms with E-state index < -0.39 is 16.1 Å². The summed E-state index contributed by atoms with van der Waals surface area (Å²) < 4.78 is 29.6. The fourth-order valence-corrected chi connectivity index (χ4v) is 10.1. The minimum absolute atomic E-state index is 0. The van der Waals surface area contributed by atoms with Crippen molar-refractivity contribution in [2.24, 2.45) is 0 Å². The zero-order chi connectivity index (χ0) is 29.6. The van der Waals surface area contributed by atoms with Crippen LogP contribution in [0, 0.1) is 6.92 Å². The Bertz CT molecular complexity index is 1870. The first-order valence-corrected chi connectivity index (χ1v) is 17.6. The summed E-state index contributed by atoms with van der Waals surface area (Å²) in [6.45, 7) is 4.82. The fraction of sp³-hybridized carbons (Fsp3) is 0.273. The van der Waals surface area contributed by atoms with E-state index in [-0.39, 0.29) is 23.2 Å². The van der Waals surface area contributed by atoms with E-state index >= 15 is 0 Å². The number of para-hydroxylation sites is 1. The molecule has 11 heteroatoms. The molecule has 1 saturated heterocycles. The Labute approximate surface area is 272 Å². The molecule has 228 valence electrons. The third-order valence-corrected chi connectivity index (χ3v) is 12.4. The van der Waals surface area contributed by atoms with Gasteiger partial charge in [-0.3, -0.25) is 9.69 Å². The maximum absolute atomic E-state index is 13.9. The van der Waals surface area contributed by atoms with Crippen LogP contribution in [0.15, 0.2) is 83.8 Å². The molecule has 44 heavy (non-hydrogen) atoms. The Morgan fingerprint density at radius 1 is 0.977 bits per heavy atom. The van der Waals surface area contributed by atoms with Gasteiger partial charge in [-0.2, -0.15) is 4.31 Å². The number of anilines is 1. The lowest BCUT2D eigenvalue weighted by Crippen LogP contribution is -2.43. The highest BCUT2D eigenvalue weighted by molar-refractivity contribution is 7.89. The van der Waals surface area contributed by atoms with Crippen LogP contribution in [0.4, 0.5) is 5.00 Å². The van der Waals surface area contributed by atoms with Gasteiger partial charge in [0.2, 0.25) is 15.9 Å². The number of rotatable bonds is 7. The molecular formula is C33H33ClN4O3S3. The Morgan fingerprint density at radius 3 is 2.50 bits per heavy atom. The van der Waals surface area contributed by atoms with Crippen molar-refractivity contribution >= 4 is 66.2 Å². The van der Waals surface area contributed by atoms with Gasteiger partial charge in [0.15, 0.2) is 0 Å². The quantitative estimate of drug-likeness (QED) is 0.201. The second-order valence-corrected chi connectivity index (χ2v) is 15.2. The van der Waals surface area contributed by atoms with Crippen LogP contribution in [0.25, 0.3) is 20.8 Å². The number of hydrogen-bond donors (Lipinski definition) is 1. The van der Waals surface area contributed by atoms with Crippen molar-refractivity contribution in [1.82, 2.24) is 14.2 Å². The highest BCUT2D eigenvalue weighted by atomic mass is 35.5. The van der Waals surface area contributed by atoms with E-state index in [9.17, 15) is 13.2 Å². The van der Waals surface area contributed by atoms with Crippen molar-refractivity contribution in [3.05, 3.63) is 100 Å². The second kappa shape index (κ2) is 12.7. The number of thiophene rings is 1. The molecule has 3 aromatic carbocycles. The predicted molar refractivity (Wildman–Crippen MR) is 181 cm³/mol. The Hall–Kier alpha value is -3.12. The average Bonchev–Trinajstić information content (AvgIpc) is 3.74. The van der Waals surface area contributed by atoms with Crippen molar-refractivity contribution in [3.8, 4) is 10.6 Å². The zero-order valence-electron chi connectivity index (χ0n) is 24.2. The Kier molecular flexibility index (Phi) is 8.92. The van der Waals surface area contributed by atoms with Crippen molar-refractivity contribution in [2.45, 2.75) is 50.2 Å². The number of aryl methyl sites for hydroxylation is 1. The molecule has 2 aromatic heterocycles. The van der Waals surface area contributed by atoms with Crippen molar-refractivity contribution in [1.29, 1.82) is 0 Å². The molecule has 2 aliphatic rings. The van der Waals surface area contributed by atoms with Crippen molar-refractivity contribution in [2.75, 3.05) is 18.4 Å². The molecule has 4 heterocycles. The van der Waals surface area contributed by atoms with Crippen LogP contribution in [0.3, 0.4) is 0 Å². The van der Waals surface area contributed by atoms with E-state index in [1.165, 1.54) is 20.3 Å². The summed E-state index contributed by atoms with van der Waals surface area (Å²) in [4.78, 5) is 22.7. The molecule has 0 aliphatic carbocycles. The number of sulfonamides is 1. The summed E-state index contributed by atoms with van der Waals surface area (Å²) >= 11 is 3.23. The molecule has 0 saturated carbocycles. The monoisotopic (exact) mass is 664 g/mol. The molecule has 1 amide bonds. The van der Waals surface area contributed by atoms with Gasteiger partial charge in [0.05, 0.1) is 15.1 Å². The van der Waals surface area contributed by atoms with Crippen LogP contribution in [0.1, 0.15) is 34.4 Å². The zero-order valence-corrected chi connectivity index (χ0v) is 27.5. The molecule has 1 N–H and O–H groups in total. The number of aromatic nitrogens is 1. The number of benzene rings is 3. The van der Waals surface area contributed by atoms with Gasteiger partial charge < -0.3 is 5.32 Å². The highest BCUT2D eigenvalue weighted by Gasteiger charge is 2.40. The molecule has 2 aliphatic heterocycles. The van der Waals surface area contributed by atoms with Crippen LogP contribution in [0.5, 0.6) is 0 Å². The second-order valence-electron chi connectivity index (χ2n) is 11.2. The molecule has 5 aromatic rings. The number of carbonyl (C=O) groups is 1. The average molecular weight is 665 g/mol. The largest absolute Gasteiger partial charge is 0.316 e. The summed E-state index contributed by atoms with van der Waals surface area (Å²) in [7, 11) is -3.80. The SMILES string of the molecule is Cc1ccc(S(=O)(=O)N2CCCC2C(=O)Nc2sc3c(c2-c2nc4ccccc4s2)CCN(Cc2ccccc2)C3)cc1.Cl. The fourth-order valence-electron chi connectivity index (χ4n) is 6.06. The van der Waals surface area contributed by atoms with Crippen LogP contribution < -0.4 is 5.32 Å². The number of carbonyl (C=O) groups excluding carboxylic acids is 1. The molecule has 0 spiro atoms. The molecule has 7 rings (SSSR count). The summed E-state index contributed by atoms with van der Waals surface area (Å²) in [6.07, 6.45) is 1.99. The molecule has 1 atom stereocenters. The topological polar surface area (TPSA) is 82.6 Å². The van der Waals surface area contributed by atoms with Gasteiger partial charge in [-0.15, -0.1) is 35.1 Å². The van der Waals surface area contributed by atoms with Gasteiger partial charge in [-0.05, 0) is 61.6 Å². The van der Waals surface area contributed by atoms with Crippen molar-refractivity contribution < 1.29 is 13.2 Å². The molecule has 0 radical (unpaired) electrons. The minimum atomic E-state index is -3.80. The first-order valence-electron chi connectivity index (χ1n) is 14.5. The lowest BCUT2D eigenvalue weighted by Gasteiger charge is -2.27. The summed E-state index contributed by atoms with van der Waals surface area (Å²) in [5.74, 6) is -0.282. The summed E-state index contributed by atoms with van der Waals surface area (Å²) in [6, 6.07) is 24.6. The van der Waals surface area contributed by atoms with Crippen LogP contribution >= 0.6 is 35.1 Å². The Morgan fingerprint density at radius 2 is 1.73 bits per heavy atom. The molecule has 1 fully saturated rings. The van der Waals surface area contributed by atoms with Gasteiger partial charge in [0, 0.05) is 36.6 Å². The molecule has 7 nitrogen and oxygen atoms in total. The maximum atomic E-state index is 13.9. The van der Waals surface area contributed by atoms with E-state index in [1.807, 2.05) is 31.2 Å². The minimum Gasteiger partial charge on any atom is -0.316 e. The number of halogens is 1. The van der Waals surface area contributed by atoms with E-state index in [0.717, 1.165) is 57.4 Å². The smallest absolute Gasteiger partial charge is 0.243 e. The van der Waals surface area contributed by atoms with Crippen molar-refractivity contribution in [3.63, 3.8) is 0 Å². The van der Waals surface area contributed by atoms with Crippen LogP contribution in [-0.2, 0) is 34.3 Å². The van der Waals surface area contributed by atoms with Crippen LogP contribution in [0.2, 0.25) is 0 Å². The van der Waals surface area contributed by atoms with Gasteiger partial charge in [0.1, 0.15) is 16.1 Å². The van der Waals surface area contributed by atoms with Gasteiger partial charge in [-0.25, -0.2) is 13.4 Å². The van der Waals surface area contributed by atoms with Gasteiger partial charge >= 0.3 is 0 Å². The number of amides is 1. The van der Waals surface area contributed by atoms with Crippen LogP contribution in [-0.4, -0.2) is 47.6 Å². The molecule has 0 bridgehead atoms. The number of nitrogens with one attached hydrogen (secondary N) is 1. The predicted octanol–water partition coefficient (Wildman–Crippen LogP) is 7.11. The van der Waals surface area contributed by atoms with E-state index in [0.29, 0.717) is 19.4 Å². The first kappa shape index (κ1) is 30.9. The third kappa shape index (κ3) is 5.94. The normalized spacial score (nSPS) is 17.3. The number of thiazole rings is 1. The standard InChI is InChI=1S/C33H32N4O3S3.ClH/c1-22-13-15-24(16-14-22)43(39,40)37-18-7-11-27(37)31(38)35-33-30(32-34-26-10-5-6-12-28(26)41-32)25-17-19-36(21-29(25)42-33)20-23-8-3-2-4-9-23;/h2-6,8-10,12-16,27H,7,11,17-21H2,1H3,(H,35,38);1H. The van der Waals surface area contributed by atoms with E-state index in [1.54, 1.807) is 46.9 Å². The lowest BCUT2D eigenvalue weighted by atomic mass is 10.0. The Balaban J connectivity index is 0.00000343. The number of hydrogen-bond acceptors (Lipinski definition) is 7. The van der Waals surface area contributed by atoms with E-state index in [2.05, 4.69) is 40.5 Å². The molecule has 1 unspecified atom stereocenters. The number of nitrogens with zero attached hydrogens (tertiary/aromatic N) is 3. The summed E-state index contributed by atoms with van der Waals surface area (Å²) in [5.41, 5.74) is 5.42. The first-order chi connectivity index (χ1) is 20.9. The maximum Gasteiger partial charge on any atom is 0.243 e. The highest BCUT2D eigenvalue weighted by Crippen LogP contribution is 2.46. The summed E-state index contributed by atoms with van der Waals surface area (Å²) in [5, 5.41) is 4.85. The van der Waals surface area contributed by atoms with Gasteiger partial charge in [0.25, 0.3) is 0 Å². The third-order valence-electron chi connectivity index (χ3n) is 8.26. The van der Waals surface area contributed by atoms with E-state index in [4.69, 9.17) is 4.98 Å². The number of fused-ring (bicyclic) bond motifs is 2. The molecular weight excluding hydrogens is 632 g/mol.